The summed E-state index contributed by atoms with van der Waals surface area (Å²) in [5.41, 5.74) is 3.46. The molecule has 2 aromatic rings. The van der Waals surface area contributed by atoms with Crippen molar-refractivity contribution in [3.8, 4) is 6.07 Å². The van der Waals surface area contributed by atoms with E-state index in [1.165, 1.54) is 11.8 Å². The fraction of sp³-hybridized carbons (Fsp3) is 0.318. The van der Waals surface area contributed by atoms with Gasteiger partial charge >= 0.3 is 0 Å². The van der Waals surface area contributed by atoms with Crippen LogP contribution >= 0.6 is 11.8 Å². The summed E-state index contributed by atoms with van der Waals surface area (Å²) in [5.74, 6) is 0.343. The first-order valence-corrected chi connectivity index (χ1v) is 10.3. The topological polar surface area (TPSA) is 73.2 Å². The van der Waals surface area contributed by atoms with E-state index in [1.54, 1.807) is 17.0 Å². The summed E-state index contributed by atoms with van der Waals surface area (Å²) in [5, 5.41) is 11.7. The molecule has 0 aliphatic carbocycles. The molecule has 0 aromatic heterocycles. The van der Waals surface area contributed by atoms with Gasteiger partial charge in [0.15, 0.2) is 0 Å². The van der Waals surface area contributed by atoms with E-state index >= 15 is 0 Å². The predicted octanol–water partition coefficient (Wildman–Crippen LogP) is 3.98. The molecule has 146 valence electrons. The molecule has 1 N–H and O–H groups in total. The number of hydrogen-bond acceptors (Lipinski definition) is 4. The predicted molar refractivity (Wildman–Crippen MR) is 114 cm³/mol. The second-order valence-corrected chi connectivity index (χ2v) is 7.82. The standard InChI is InChI=1S/C22H25N3O2S/c1-16(2)25(13-19-8-6-18(12-23)7-9-19)22(27)15-28-14-21(26)24-20-10-4-17(3)5-11-20/h4-11,16H,13-15H2,1-3H3,(H,24,26). The lowest BCUT2D eigenvalue weighted by Crippen LogP contribution is -2.37. The van der Waals surface area contributed by atoms with Gasteiger partial charge in [0, 0.05) is 18.3 Å². The highest BCUT2D eigenvalue weighted by Gasteiger charge is 2.18. The van der Waals surface area contributed by atoms with Crippen LogP contribution in [0.3, 0.4) is 0 Å². The number of benzene rings is 2. The maximum atomic E-state index is 12.6. The second-order valence-electron chi connectivity index (χ2n) is 6.83. The Bertz CT molecular complexity index is 840. The third kappa shape index (κ3) is 6.75. The Morgan fingerprint density at radius 3 is 2.29 bits per heavy atom. The van der Waals surface area contributed by atoms with Crippen molar-refractivity contribution in [3.05, 3.63) is 65.2 Å². The number of thioether (sulfide) groups is 1. The van der Waals surface area contributed by atoms with Crippen LogP contribution in [0.5, 0.6) is 0 Å². The van der Waals surface area contributed by atoms with Crippen LogP contribution in [0.1, 0.15) is 30.5 Å². The van der Waals surface area contributed by atoms with Gasteiger partial charge in [-0.05, 0) is 50.6 Å². The van der Waals surface area contributed by atoms with Crippen molar-refractivity contribution >= 4 is 29.3 Å². The molecule has 0 bridgehead atoms. The van der Waals surface area contributed by atoms with Crippen molar-refractivity contribution in [1.29, 1.82) is 5.26 Å². The Labute approximate surface area is 170 Å². The van der Waals surface area contributed by atoms with Crippen molar-refractivity contribution < 1.29 is 9.59 Å². The Morgan fingerprint density at radius 2 is 1.71 bits per heavy atom. The number of nitrogens with one attached hydrogen (secondary N) is 1. The number of carbonyl (C=O) groups excluding carboxylic acids is 2. The van der Waals surface area contributed by atoms with Crippen LogP contribution in [0.2, 0.25) is 0 Å². The fourth-order valence-corrected chi connectivity index (χ4v) is 3.29. The molecule has 0 saturated heterocycles. The van der Waals surface area contributed by atoms with Gasteiger partial charge in [-0.2, -0.15) is 5.26 Å². The number of anilines is 1. The Hall–Kier alpha value is -2.78. The number of amides is 2. The second kappa shape index (κ2) is 10.5. The molecule has 28 heavy (non-hydrogen) atoms. The average molecular weight is 396 g/mol. The van der Waals surface area contributed by atoms with Crippen LogP contribution in [-0.4, -0.2) is 34.3 Å². The lowest BCUT2D eigenvalue weighted by Gasteiger charge is -2.27. The zero-order chi connectivity index (χ0) is 20.5. The monoisotopic (exact) mass is 395 g/mol. The molecule has 0 atom stereocenters. The zero-order valence-corrected chi connectivity index (χ0v) is 17.3. The Balaban J connectivity index is 1.83. The Kier molecular flexibility index (Phi) is 8.09. The smallest absolute Gasteiger partial charge is 0.234 e. The molecule has 0 heterocycles. The third-order valence-corrected chi connectivity index (χ3v) is 5.09. The number of hydrogen-bond donors (Lipinski definition) is 1. The molecule has 6 heteroatoms. The highest BCUT2D eigenvalue weighted by Crippen LogP contribution is 2.14. The van der Waals surface area contributed by atoms with Crippen molar-refractivity contribution in [1.82, 2.24) is 4.90 Å². The summed E-state index contributed by atoms with van der Waals surface area (Å²) in [6, 6.07) is 17.0. The van der Waals surface area contributed by atoms with Crippen LogP contribution in [0, 0.1) is 18.3 Å². The van der Waals surface area contributed by atoms with Crippen molar-refractivity contribution in [2.45, 2.75) is 33.4 Å². The normalized spacial score (nSPS) is 10.4. The van der Waals surface area contributed by atoms with E-state index in [-0.39, 0.29) is 29.4 Å². The first-order valence-electron chi connectivity index (χ1n) is 9.12. The minimum atomic E-state index is -0.121. The molecule has 0 spiro atoms. The summed E-state index contributed by atoms with van der Waals surface area (Å²) < 4.78 is 0. The zero-order valence-electron chi connectivity index (χ0n) is 16.4. The van der Waals surface area contributed by atoms with E-state index in [2.05, 4.69) is 11.4 Å². The van der Waals surface area contributed by atoms with Gasteiger partial charge in [-0.25, -0.2) is 0 Å². The summed E-state index contributed by atoms with van der Waals surface area (Å²) in [6.07, 6.45) is 0. The lowest BCUT2D eigenvalue weighted by molar-refractivity contribution is -0.130. The largest absolute Gasteiger partial charge is 0.335 e. The number of rotatable bonds is 8. The fourth-order valence-electron chi connectivity index (χ4n) is 2.59. The van der Waals surface area contributed by atoms with Crippen LogP contribution in [0.25, 0.3) is 0 Å². The molecule has 0 aliphatic heterocycles. The molecule has 0 unspecified atom stereocenters. The molecule has 2 rings (SSSR count). The van der Waals surface area contributed by atoms with Gasteiger partial charge in [0.25, 0.3) is 0 Å². The van der Waals surface area contributed by atoms with E-state index in [0.717, 1.165) is 16.8 Å². The van der Waals surface area contributed by atoms with E-state index in [1.807, 2.05) is 57.2 Å². The molecular weight excluding hydrogens is 370 g/mol. The maximum absolute atomic E-state index is 12.6. The van der Waals surface area contributed by atoms with E-state index in [9.17, 15) is 9.59 Å². The number of carbonyl (C=O) groups is 2. The van der Waals surface area contributed by atoms with Crippen molar-refractivity contribution in [2.24, 2.45) is 0 Å². The third-order valence-electron chi connectivity index (χ3n) is 4.17. The molecule has 2 amide bonds. The van der Waals surface area contributed by atoms with E-state index in [4.69, 9.17) is 5.26 Å². The highest BCUT2D eigenvalue weighted by atomic mass is 32.2. The minimum Gasteiger partial charge on any atom is -0.335 e. The van der Waals surface area contributed by atoms with E-state index < -0.39 is 0 Å². The van der Waals surface area contributed by atoms with Gasteiger partial charge in [-0.1, -0.05) is 29.8 Å². The van der Waals surface area contributed by atoms with Crippen LogP contribution < -0.4 is 5.32 Å². The molecule has 0 aliphatic rings. The molecule has 0 fully saturated rings. The average Bonchev–Trinajstić information content (AvgIpc) is 2.68. The molecule has 2 aromatic carbocycles. The van der Waals surface area contributed by atoms with Gasteiger partial charge < -0.3 is 10.2 Å². The van der Waals surface area contributed by atoms with Crippen molar-refractivity contribution in [2.75, 3.05) is 16.8 Å². The quantitative estimate of drug-likeness (QED) is 0.734. The van der Waals surface area contributed by atoms with Crippen LogP contribution in [-0.2, 0) is 16.1 Å². The SMILES string of the molecule is Cc1ccc(NC(=O)CSCC(=O)N(Cc2ccc(C#N)cc2)C(C)C)cc1. The number of aryl methyl sites for hydroxylation is 1. The van der Waals surface area contributed by atoms with E-state index in [0.29, 0.717) is 12.1 Å². The van der Waals surface area contributed by atoms with Gasteiger partial charge in [-0.3, -0.25) is 9.59 Å². The summed E-state index contributed by atoms with van der Waals surface area (Å²) in [7, 11) is 0. The molecule has 5 nitrogen and oxygen atoms in total. The molecule has 0 radical (unpaired) electrons. The Morgan fingerprint density at radius 1 is 1.07 bits per heavy atom. The summed E-state index contributed by atoms with van der Waals surface area (Å²) >= 11 is 1.31. The van der Waals surface area contributed by atoms with Crippen molar-refractivity contribution in [3.63, 3.8) is 0 Å². The van der Waals surface area contributed by atoms with Crippen LogP contribution in [0.4, 0.5) is 5.69 Å². The number of nitriles is 1. The molecule has 0 saturated carbocycles. The van der Waals surface area contributed by atoms with Gasteiger partial charge in [0.2, 0.25) is 11.8 Å². The minimum absolute atomic E-state index is 0.00695. The van der Waals surface area contributed by atoms with Gasteiger partial charge in [0.1, 0.15) is 0 Å². The first-order chi connectivity index (χ1) is 13.4. The lowest BCUT2D eigenvalue weighted by atomic mass is 10.1. The number of nitrogens with zero attached hydrogens (tertiary/aromatic N) is 2. The van der Waals surface area contributed by atoms with Gasteiger partial charge in [0.05, 0.1) is 23.1 Å². The molecular formula is C22H25N3O2S. The maximum Gasteiger partial charge on any atom is 0.234 e. The first kappa shape index (κ1) is 21.5. The van der Waals surface area contributed by atoms with Gasteiger partial charge in [-0.15, -0.1) is 11.8 Å². The summed E-state index contributed by atoms with van der Waals surface area (Å²) in [6.45, 7) is 6.41. The summed E-state index contributed by atoms with van der Waals surface area (Å²) in [4.78, 5) is 26.4. The van der Waals surface area contributed by atoms with Crippen LogP contribution in [0.15, 0.2) is 48.5 Å². The highest BCUT2D eigenvalue weighted by molar-refractivity contribution is 8.00.